The van der Waals surface area contributed by atoms with Crippen LogP contribution in [0.5, 0.6) is 0 Å². The molecule has 0 aliphatic heterocycles. The highest BCUT2D eigenvalue weighted by molar-refractivity contribution is 9.09. The first kappa shape index (κ1) is 14.5. The van der Waals surface area contributed by atoms with Gasteiger partial charge in [0.15, 0.2) is 0 Å². The maximum absolute atomic E-state index is 12.7. The van der Waals surface area contributed by atoms with Gasteiger partial charge in [-0.05, 0) is 37.1 Å². The number of pyridine rings is 1. The second-order valence-corrected chi connectivity index (χ2v) is 6.87. The zero-order chi connectivity index (χ0) is 14.8. The number of nitrogens with zero attached hydrogens (tertiary/aromatic N) is 2. The van der Waals surface area contributed by atoms with Crippen LogP contribution in [-0.2, 0) is 0 Å². The van der Waals surface area contributed by atoms with Crippen molar-refractivity contribution in [1.29, 1.82) is 0 Å². The van der Waals surface area contributed by atoms with Crippen LogP contribution in [0.15, 0.2) is 36.5 Å². The van der Waals surface area contributed by atoms with Gasteiger partial charge in [0.2, 0.25) is 0 Å². The van der Waals surface area contributed by atoms with Crippen LogP contribution in [0.4, 0.5) is 0 Å². The number of benzene rings is 1. The van der Waals surface area contributed by atoms with Crippen LogP contribution in [0.2, 0.25) is 0 Å². The molecule has 2 aromatic rings. The normalized spacial score (nSPS) is 22.2. The Balaban J connectivity index is 1.85. The molecular weight excluding hydrogens is 328 g/mol. The molecule has 1 heterocycles. The maximum Gasteiger partial charge on any atom is 0.253 e. The van der Waals surface area contributed by atoms with E-state index in [1.54, 1.807) is 6.20 Å². The van der Waals surface area contributed by atoms with Gasteiger partial charge >= 0.3 is 0 Å². The Morgan fingerprint density at radius 2 is 2.10 bits per heavy atom. The van der Waals surface area contributed by atoms with Crippen molar-refractivity contribution in [3.05, 3.63) is 42.1 Å². The van der Waals surface area contributed by atoms with Gasteiger partial charge in [-0.25, -0.2) is 0 Å². The molecule has 21 heavy (non-hydrogen) atoms. The summed E-state index contributed by atoms with van der Waals surface area (Å²) in [7, 11) is 1.92. The van der Waals surface area contributed by atoms with Crippen molar-refractivity contribution in [2.75, 3.05) is 7.05 Å². The number of hydrogen-bond donors (Lipinski definition) is 0. The Hall–Kier alpha value is -1.42. The summed E-state index contributed by atoms with van der Waals surface area (Å²) in [5.41, 5.74) is 1.66. The van der Waals surface area contributed by atoms with E-state index >= 15 is 0 Å². The number of halogens is 1. The van der Waals surface area contributed by atoms with E-state index in [9.17, 15) is 4.79 Å². The van der Waals surface area contributed by atoms with Crippen molar-refractivity contribution in [3.63, 3.8) is 0 Å². The zero-order valence-electron chi connectivity index (χ0n) is 12.1. The number of carbonyl (C=O) groups is 1. The first-order chi connectivity index (χ1) is 10.2. The largest absolute Gasteiger partial charge is 0.338 e. The lowest BCUT2D eigenvalue weighted by Crippen LogP contribution is -2.44. The van der Waals surface area contributed by atoms with Crippen LogP contribution in [-0.4, -0.2) is 33.7 Å². The average molecular weight is 347 g/mol. The van der Waals surface area contributed by atoms with Gasteiger partial charge in [-0.1, -0.05) is 34.8 Å². The lowest BCUT2D eigenvalue weighted by molar-refractivity contribution is 0.0705. The molecule has 3 nitrogen and oxygen atoms in total. The van der Waals surface area contributed by atoms with Crippen LogP contribution < -0.4 is 0 Å². The molecule has 1 aromatic carbocycles. The van der Waals surface area contributed by atoms with Crippen LogP contribution in [0.1, 0.15) is 36.0 Å². The third kappa shape index (κ3) is 2.95. The van der Waals surface area contributed by atoms with Crippen molar-refractivity contribution >= 4 is 32.7 Å². The molecule has 0 N–H and O–H groups in total. The van der Waals surface area contributed by atoms with E-state index < -0.39 is 0 Å². The second kappa shape index (κ2) is 6.14. The monoisotopic (exact) mass is 346 g/mol. The number of carbonyl (C=O) groups excluding carboxylic acids is 1. The molecule has 4 heteroatoms. The first-order valence-electron chi connectivity index (χ1n) is 7.43. The quantitative estimate of drug-likeness (QED) is 0.769. The van der Waals surface area contributed by atoms with E-state index in [0.717, 1.165) is 29.3 Å². The maximum atomic E-state index is 12.7. The summed E-state index contributed by atoms with van der Waals surface area (Å²) in [6.45, 7) is 0. The summed E-state index contributed by atoms with van der Waals surface area (Å²) < 4.78 is 0. The number of fused-ring (bicyclic) bond motifs is 1. The van der Waals surface area contributed by atoms with Gasteiger partial charge in [-0.2, -0.15) is 0 Å². The van der Waals surface area contributed by atoms with Crippen LogP contribution >= 0.6 is 15.9 Å². The topological polar surface area (TPSA) is 33.2 Å². The van der Waals surface area contributed by atoms with Crippen molar-refractivity contribution in [2.24, 2.45) is 0 Å². The van der Waals surface area contributed by atoms with E-state index in [2.05, 4.69) is 20.9 Å². The van der Waals surface area contributed by atoms with Gasteiger partial charge in [-0.3, -0.25) is 9.78 Å². The lowest BCUT2D eigenvalue weighted by Gasteiger charge is -2.35. The van der Waals surface area contributed by atoms with Crippen LogP contribution in [0, 0.1) is 0 Å². The van der Waals surface area contributed by atoms with Crippen molar-refractivity contribution in [3.8, 4) is 0 Å². The predicted molar refractivity (Wildman–Crippen MR) is 88.8 cm³/mol. The van der Waals surface area contributed by atoms with Crippen molar-refractivity contribution < 1.29 is 4.79 Å². The molecule has 1 saturated carbocycles. The molecule has 0 bridgehead atoms. The molecule has 1 aromatic heterocycles. The van der Waals surface area contributed by atoms with E-state index in [4.69, 9.17) is 0 Å². The molecule has 1 amide bonds. The van der Waals surface area contributed by atoms with Crippen molar-refractivity contribution in [1.82, 2.24) is 9.88 Å². The zero-order valence-corrected chi connectivity index (χ0v) is 13.7. The average Bonchev–Trinajstić information content (AvgIpc) is 2.53. The fourth-order valence-corrected chi connectivity index (χ4v) is 4.01. The molecule has 2 unspecified atom stereocenters. The molecule has 2 atom stereocenters. The molecule has 0 spiro atoms. The molecule has 1 aliphatic carbocycles. The third-order valence-corrected chi connectivity index (χ3v) is 5.38. The highest BCUT2D eigenvalue weighted by Crippen LogP contribution is 2.29. The van der Waals surface area contributed by atoms with Crippen LogP contribution in [0.3, 0.4) is 0 Å². The summed E-state index contributed by atoms with van der Waals surface area (Å²) in [6, 6.07) is 9.91. The summed E-state index contributed by atoms with van der Waals surface area (Å²) in [5, 5.41) is 1.01. The van der Waals surface area contributed by atoms with Gasteiger partial charge < -0.3 is 4.90 Å². The number of hydrogen-bond acceptors (Lipinski definition) is 2. The molecular formula is C17H19BrN2O. The number of rotatable bonds is 2. The number of amides is 1. The first-order valence-corrected chi connectivity index (χ1v) is 8.34. The number of aromatic nitrogens is 1. The molecule has 110 valence electrons. The summed E-state index contributed by atoms with van der Waals surface area (Å²) in [6.07, 6.45) is 6.44. The van der Waals surface area contributed by atoms with E-state index in [0.29, 0.717) is 4.83 Å². The fourth-order valence-electron chi connectivity index (χ4n) is 3.07. The van der Waals surface area contributed by atoms with Crippen LogP contribution in [0.25, 0.3) is 10.9 Å². The minimum atomic E-state index is 0.0945. The molecule has 3 rings (SSSR count). The summed E-state index contributed by atoms with van der Waals surface area (Å²) in [5.74, 6) is 0.0945. The van der Waals surface area contributed by atoms with Crippen molar-refractivity contribution in [2.45, 2.75) is 36.6 Å². The van der Waals surface area contributed by atoms with Gasteiger partial charge in [0.1, 0.15) is 0 Å². The Labute approximate surface area is 133 Å². The Kier molecular flexibility index (Phi) is 4.24. The molecule has 0 radical (unpaired) electrons. The van der Waals surface area contributed by atoms with Gasteiger partial charge in [0.25, 0.3) is 5.91 Å². The minimum absolute atomic E-state index is 0.0945. The third-order valence-electron chi connectivity index (χ3n) is 4.32. The Morgan fingerprint density at radius 1 is 1.29 bits per heavy atom. The molecule has 0 saturated heterocycles. The van der Waals surface area contributed by atoms with E-state index in [1.165, 1.54) is 12.8 Å². The minimum Gasteiger partial charge on any atom is -0.338 e. The highest BCUT2D eigenvalue weighted by atomic mass is 79.9. The summed E-state index contributed by atoms with van der Waals surface area (Å²) >= 11 is 3.73. The molecule has 1 fully saturated rings. The predicted octanol–water partition coefficient (Wildman–Crippen LogP) is 4.01. The smallest absolute Gasteiger partial charge is 0.253 e. The van der Waals surface area contributed by atoms with Gasteiger partial charge in [0, 0.05) is 35.1 Å². The van der Waals surface area contributed by atoms with Gasteiger partial charge in [-0.15, -0.1) is 0 Å². The summed E-state index contributed by atoms with van der Waals surface area (Å²) in [4.78, 5) is 19.3. The SMILES string of the molecule is CN(C(=O)c1ccc2ncccc2c1)C1CCCCC1Br. The van der Waals surface area contributed by atoms with Gasteiger partial charge in [0.05, 0.1) is 5.52 Å². The van der Waals surface area contributed by atoms with E-state index in [1.807, 2.05) is 42.3 Å². The van der Waals surface area contributed by atoms with E-state index in [-0.39, 0.29) is 11.9 Å². The number of alkyl halides is 1. The standard InChI is InChI=1S/C17H19BrN2O/c1-20(16-7-3-2-6-14(16)18)17(21)13-8-9-15-12(11-13)5-4-10-19-15/h4-5,8-11,14,16H,2-3,6-7H2,1H3. The fraction of sp³-hybridized carbons (Fsp3) is 0.412. The Morgan fingerprint density at radius 3 is 2.90 bits per heavy atom. The highest BCUT2D eigenvalue weighted by Gasteiger charge is 2.29. The lowest BCUT2D eigenvalue weighted by atomic mass is 9.94. The molecule has 1 aliphatic rings. The Bertz CT molecular complexity index is 658. The second-order valence-electron chi connectivity index (χ2n) is 5.69.